The second-order valence-electron chi connectivity index (χ2n) is 16.8. The van der Waals surface area contributed by atoms with Gasteiger partial charge in [0, 0.05) is 32.9 Å². The summed E-state index contributed by atoms with van der Waals surface area (Å²) < 4.78 is 13.7. The Kier molecular flexibility index (Phi) is 8.13. The fourth-order valence-corrected chi connectivity index (χ4v) is 10.6. The van der Waals surface area contributed by atoms with Crippen molar-refractivity contribution in [3.63, 3.8) is 0 Å². The summed E-state index contributed by atoms with van der Waals surface area (Å²) in [6.07, 6.45) is 0. The van der Waals surface area contributed by atoms with E-state index in [2.05, 4.69) is 241 Å². The van der Waals surface area contributed by atoms with Crippen LogP contribution in [0.4, 0.5) is 17.1 Å². The van der Waals surface area contributed by atoms with Crippen LogP contribution in [0.15, 0.2) is 245 Å². The predicted molar refractivity (Wildman–Crippen MR) is 264 cm³/mol. The molecule has 2 aromatic heterocycles. The zero-order chi connectivity index (χ0) is 42.2. The molecule has 1 aliphatic rings. The number of anilines is 3. The first kappa shape index (κ1) is 36.3. The van der Waals surface area contributed by atoms with E-state index >= 15 is 0 Å². The van der Waals surface area contributed by atoms with Crippen molar-refractivity contribution >= 4 is 60.9 Å². The van der Waals surface area contributed by atoms with E-state index < -0.39 is 5.41 Å². The maximum atomic E-state index is 7.11. The van der Waals surface area contributed by atoms with E-state index in [-0.39, 0.29) is 0 Å². The molecular weight excluding hydrogens is 779 g/mol. The van der Waals surface area contributed by atoms with Crippen LogP contribution < -0.4 is 4.90 Å². The molecule has 0 saturated heterocycles. The van der Waals surface area contributed by atoms with Crippen molar-refractivity contribution in [1.29, 1.82) is 0 Å². The van der Waals surface area contributed by atoms with E-state index in [1.54, 1.807) is 0 Å². The summed E-state index contributed by atoms with van der Waals surface area (Å²) >= 11 is 0. The van der Waals surface area contributed by atoms with E-state index in [4.69, 9.17) is 8.83 Å². The van der Waals surface area contributed by atoms with Crippen LogP contribution in [0.1, 0.15) is 22.3 Å². The molecule has 3 nitrogen and oxygen atoms in total. The zero-order valence-corrected chi connectivity index (χ0v) is 34.8. The van der Waals surface area contributed by atoms with Crippen LogP contribution in [0, 0.1) is 0 Å². The number of benzene rings is 10. The van der Waals surface area contributed by atoms with Gasteiger partial charge in [0.25, 0.3) is 0 Å². The summed E-state index contributed by atoms with van der Waals surface area (Å²) in [4.78, 5) is 2.37. The smallest absolute Gasteiger partial charge is 0.159 e. The Balaban J connectivity index is 1.05. The van der Waals surface area contributed by atoms with E-state index in [1.165, 1.54) is 38.9 Å². The lowest BCUT2D eigenvalue weighted by Crippen LogP contribution is -2.28. The van der Waals surface area contributed by atoms with Gasteiger partial charge in [0.1, 0.15) is 16.7 Å². The van der Waals surface area contributed by atoms with Crippen molar-refractivity contribution in [3.8, 4) is 33.4 Å². The minimum atomic E-state index is -0.547. The van der Waals surface area contributed by atoms with Gasteiger partial charge < -0.3 is 13.7 Å². The second kappa shape index (κ2) is 14.3. The Morgan fingerprint density at radius 1 is 0.328 bits per heavy atom. The van der Waals surface area contributed by atoms with Crippen molar-refractivity contribution in [2.24, 2.45) is 0 Å². The number of rotatable bonds is 7. The molecule has 0 atom stereocenters. The van der Waals surface area contributed by atoms with Crippen LogP contribution in [0.2, 0.25) is 0 Å². The largest absolute Gasteiger partial charge is 0.456 e. The highest BCUT2D eigenvalue weighted by atomic mass is 16.3. The molecule has 2 heterocycles. The number of hydrogen-bond donors (Lipinski definition) is 0. The Morgan fingerprint density at radius 3 is 1.62 bits per heavy atom. The van der Waals surface area contributed by atoms with E-state index in [0.717, 1.165) is 77.6 Å². The average Bonchev–Trinajstić information content (AvgIpc) is 4.02. The summed E-state index contributed by atoms with van der Waals surface area (Å²) in [6.45, 7) is 0. The van der Waals surface area contributed by atoms with Gasteiger partial charge in [0.05, 0.1) is 11.1 Å². The van der Waals surface area contributed by atoms with Crippen molar-refractivity contribution in [1.82, 2.24) is 0 Å². The fraction of sp³-hybridized carbons (Fsp3) is 0.0164. The molecule has 0 fully saturated rings. The topological polar surface area (TPSA) is 29.5 Å². The summed E-state index contributed by atoms with van der Waals surface area (Å²) in [5.41, 5.74) is 17.9. The quantitative estimate of drug-likeness (QED) is 0.160. The molecule has 300 valence electrons. The van der Waals surface area contributed by atoms with Crippen LogP contribution >= 0.6 is 0 Å². The van der Waals surface area contributed by atoms with Gasteiger partial charge in [-0.05, 0) is 104 Å². The standard InChI is InChI=1S/C61H39NO2/c1-5-17-40(18-6-1)41-31-33-45(34-32-41)62(46-35-36-49-48-25-13-14-28-53(48)61(54(49)37-46,43-21-9-3-10-22-43)44-23-11-4-12-24-44)55-29-15-27-50-51-38-58-52(39-57(51)64-60(50)55)59-47(26-16-30-56(59)63-58)42-19-7-2-8-20-42/h1-39H. The number of furan rings is 2. The lowest BCUT2D eigenvalue weighted by Gasteiger charge is -2.35. The molecule has 64 heavy (non-hydrogen) atoms. The third-order valence-electron chi connectivity index (χ3n) is 13.4. The zero-order valence-electron chi connectivity index (χ0n) is 34.8. The van der Waals surface area contributed by atoms with Gasteiger partial charge in [-0.3, -0.25) is 0 Å². The highest BCUT2D eigenvalue weighted by Gasteiger charge is 2.46. The molecule has 10 aromatic carbocycles. The molecule has 13 rings (SSSR count). The van der Waals surface area contributed by atoms with Crippen LogP contribution in [-0.2, 0) is 5.41 Å². The fourth-order valence-electron chi connectivity index (χ4n) is 10.6. The molecule has 0 radical (unpaired) electrons. The van der Waals surface area contributed by atoms with Gasteiger partial charge >= 0.3 is 0 Å². The first-order valence-corrected chi connectivity index (χ1v) is 21.9. The third kappa shape index (κ3) is 5.41. The third-order valence-corrected chi connectivity index (χ3v) is 13.4. The Morgan fingerprint density at radius 2 is 0.891 bits per heavy atom. The van der Waals surface area contributed by atoms with Crippen molar-refractivity contribution in [2.75, 3.05) is 4.90 Å². The summed E-state index contributed by atoms with van der Waals surface area (Å²) in [6, 6.07) is 85.1. The minimum absolute atomic E-state index is 0.547. The predicted octanol–water partition coefficient (Wildman–Crippen LogP) is 16.7. The lowest BCUT2D eigenvalue weighted by molar-refractivity contribution is 0.664. The summed E-state index contributed by atoms with van der Waals surface area (Å²) in [7, 11) is 0. The first-order valence-electron chi connectivity index (χ1n) is 21.9. The molecule has 0 N–H and O–H groups in total. The van der Waals surface area contributed by atoms with Gasteiger partial charge in [0.2, 0.25) is 0 Å². The SMILES string of the molecule is c1ccc(-c2ccc(N(c3ccc4c(c3)C(c3ccccc3)(c3ccccc3)c3ccccc3-4)c3cccc4c3oc3cc5c(cc34)oc3cccc(-c4ccccc4)c35)cc2)cc1. The van der Waals surface area contributed by atoms with E-state index in [9.17, 15) is 0 Å². The van der Waals surface area contributed by atoms with Crippen molar-refractivity contribution < 1.29 is 8.83 Å². The molecule has 0 aliphatic heterocycles. The van der Waals surface area contributed by atoms with Gasteiger partial charge in [-0.15, -0.1) is 0 Å². The van der Waals surface area contributed by atoms with Gasteiger partial charge in [-0.1, -0.05) is 188 Å². The molecule has 0 spiro atoms. The summed E-state index contributed by atoms with van der Waals surface area (Å²) in [5.74, 6) is 0. The Hall–Kier alpha value is -8.40. The van der Waals surface area contributed by atoms with E-state index in [0.29, 0.717) is 0 Å². The van der Waals surface area contributed by atoms with Crippen LogP contribution in [0.3, 0.4) is 0 Å². The molecule has 0 unspecified atom stereocenters. The minimum Gasteiger partial charge on any atom is -0.456 e. The van der Waals surface area contributed by atoms with Crippen molar-refractivity contribution in [2.45, 2.75) is 5.41 Å². The normalized spacial score (nSPS) is 12.8. The molecule has 0 bridgehead atoms. The van der Waals surface area contributed by atoms with Gasteiger partial charge in [-0.25, -0.2) is 0 Å². The number of para-hydroxylation sites is 1. The highest BCUT2D eigenvalue weighted by Crippen LogP contribution is 2.57. The highest BCUT2D eigenvalue weighted by molar-refractivity contribution is 6.19. The monoisotopic (exact) mass is 817 g/mol. The van der Waals surface area contributed by atoms with Crippen LogP contribution in [0.5, 0.6) is 0 Å². The molecule has 1 aliphatic carbocycles. The molecule has 12 aromatic rings. The Labute approximate surface area is 370 Å². The first-order chi connectivity index (χ1) is 31.7. The number of nitrogens with zero attached hydrogens (tertiary/aromatic N) is 1. The average molecular weight is 818 g/mol. The summed E-state index contributed by atoms with van der Waals surface area (Å²) in [5, 5.41) is 4.17. The molecule has 3 heteroatoms. The lowest BCUT2D eigenvalue weighted by atomic mass is 9.67. The van der Waals surface area contributed by atoms with E-state index in [1.807, 2.05) is 0 Å². The maximum Gasteiger partial charge on any atom is 0.159 e. The van der Waals surface area contributed by atoms with Gasteiger partial charge in [-0.2, -0.15) is 0 Å². The molecule has 0 amide bonds. The molecular formula is C61H39NO2. The maximum absolute atomic E-state index is 7.11. The number of fused-ring (bicyclic) bond motifs is 9. The van der Waals surface area contributed by atoms with Crippen LogP contribution in [0.25, 0.3) is 77.3 Å². The van der Waals surface area contributed by atoms with Crippen LogP contribution in [-0.4, -0.2) is 0 Å². The second-order valence-corrected chi connectivity index (χ2v) is 16.8. The molecule has 0 saturated carbocycles. The van der Waals surface area contributed by atoms with Crippen molar-refractivity contribution in [3.05, 3.63) is 259 Å². The van der Waals surface area contributed by atoms with Gasteiger partial charge in [0.15, 0.2) is 5.58 Å². The Bertz CT molecular complexity index is 3660. The number of hydrogen-bond acceptors (Lipinski definition) is 3.